The zero-order valence-electron chi connectivity index (χ0n) is 20.6. The number of halogens is 1. The van der Waals surface area contributed by atoms with E-state index in [0.29, 0.717) is 39.7 Å². The van der Waals surface area contributed by atoms with Crippen molar-refractivity contribution in [3.8, 4) is 5.75 Å². The lowest BCUT2D eigenvalue weighted by Gasteiger charge is -2.08. The first kappa shape index (κ1) is 26.0. The summed E-state index contributed by atoms with van der Waals surface area (Å²) < 4.78 is 12.3. The van der Waals surface area contributed by atoms with Gasteiger partial charge in [-0.2, -0.15) is 0 Å². The van der Waals surface area contributed by atoms with E-state index in [1.54, 1.807) is 61.1 Å². The number of nitrogens with zero attached hydrogens (tertiary/aromatic N) is 1. The minimum Gasteiger partial charge on any atom is -0.497 e. The Bertz CT molecular complexity index is 1430. The van der Waals surface area contributed by atoms with E-state index in [2.05, 4.69) is 5.32 Å². The van der Waals surface area contributed by atoms with Crippen molar-refractivity contribution in [1.29, 1.82) is 0 Å². The van der Waals surface area contributed by atoms with Gasteiger partial charge in [0.05, 0.1) is 25.5 Å². The lowest BCUT2D eigenvalue weighted by molar-refractivity contribution is -0.143. The molecule has 0 aliphatic carbocycles. The van der Waals surface area contributed by atoms with Crippen LogP contribution in [0, 0.1) is 6.92 Å². The zero-order chi connectivity index (χ0) is 26.4. The van der Waals surface area contributed by atoms with Gasteiger partial charge in [0.25, 0.3) is 5.91 Å². The lowest BCUT2D eigenvalue weighted by atomic mass is 10.1. The number of rotatable bonds is 9. The van der Waals surface area contributed by atoms with Gasteiger partial charge in [-0.3, -0.25) is 19.0 Å². The molecule has 0 unspecified atom stereocenters. The van der Waals surface area contributed by atoms with Crippen LogP contribution in [0.4, 0.5) is 0 Å². The van der Waals surface area contributed by atoms with E-state index in [4.69, 9.17) is 21.1 Å². The summed E-state index contributed by atoms with van der Waals surface area (Å²) in [5.74, 6) is -0.324. The van der Waals surface area contributed by atoms with E-state index >= 15 is 0 Å². The van der Waals surface area contributed by atoms with Gasteiger partial charge in [0.15, 0.2) is 0 Å². The van der Waals surface area contributed by atoms with Crippen LogP contribution in [0.5, 0.6) is 5.75 Å². The normalized spacial score (nSPS) is 10.8. The molecular formula is C29H27ClN2O5. The Balaban J connectivity index is 1.47. The summed E-state index contributed by atoms with van der Waals surface area (Å²) in [6.45, 7) is 2.17. The largest absolute Gasteiger partial charge is 0.497 e. The maximum Gasteiger partial charge on any atom is 0.310 e. The first-order valence-corrected chi connectivity index (χ1v) is 12.2. The topological polar surface area (TPSA) is 86.6 Å². The molecule has 0 saturated heterocycles. The number of hydrogen-bond acceptors (Lipinski definition) is 5. The quantitative estimate of drug-likeness (QED) is 0.312. The highest BCUT2D eigenvalue weighted by Gasteiger charge is 2.22. The van der Waals surface area contributed by atoms with Crippen molar-refractivity contribution in [3.05, 3.63) is 100 Å². The molecule has 1 amide bonds. The monoisotopic (exact) mass is 518 g/mol. The molecule has 4 aromatic rings. The van der Waals surface area contributed by atoms with E-state index in [1.807, 2.05) is 30.3 Å². The summed E-state index contributed by atoms with van der Waals surface area (Å²) in [4.78, 5) is 38.2. The first-order valence-electron chi connectivity index (χ1n) is 11.8. The van der Waals surface area contributed by atoms with Gasteiger partial charge in [-0.1, -0.05) is 41.9 Å². The van der Waals surface area contributed by atoms with Crippen molar-refractivity contribution in [2.45, 2.75) is 26.3 Å². The molecule has 37 heavy (non-hydrogen) atoms. The number of methoxy groups -OCH3 is 1. The molecule has 0 bridgehead atoms. The number of hydrogen-bond donors (Lipinski definition) is 1. The summed E-state index contributed by atoms with van der Waals surface area (Å²) in [6.07, 6.45) is 0.00419. The number of amides is 1. The van der Waals surface area contributed by atoms with Gasteiger partial charge in [0.2, 0.25) is 5.91 Å². The molecule has 0 fully saturated rings. The summed E-state index contributed by atoms with van der Waals surface area (Å²) in [5, 5.41) is 4.06. The van der Waals surface area contributed by atoms with Crippen molar-refractivity contribution in [1.82, 2.24) is 9.88 Å². The number of ether oxygens (including phenoxy) is 2. The van der Waals surface area contributed by atoms with E-state index in [0.717, 1.165) is 10.9 Å². The molecule has 1 heterocycles. The fourth-order valence-electron chi connectivity index (χ4n) is 4.13. The first-order chi connectivity index (χ1) is 17.9. The highest BCUT2D eigenvalue weighted by molar-refractivity contribution is 6.30. The highest BCUT2D eigenvalue weighted by atomic mass is 35.5. The third kappa shape index (κ3) is 6.19. The van der Waals surface area contributed by atoms with Crippen LogP contribution in [0.25, 0.3) is 10.9 Å². The third-order valence-electron chi connectivity index (χ3n) is 6.08. The predicted octanol–water partition coefficient (Wildman–Crippen LogP) is 5.09. The molecule has 190 valence electrons. The van der Waals surface area contributed by atoms with Gasteiger partial charge < -0.3 is 14.8 Å². The van der Waals surface area contributed by atoms with Gasteiger partial charge in [0.1, 0.15) is 12.4 Å². The van der Waals surface area contributed by atoms with Crippen LogP contribution < -0.4 is 10.1 Å². The molecule has 7 nitrogen and oxygen atoms in total. The van der Waals surface area contributed by atoms with E-state index in [9.17, 15) is 14.4 Å². The van der Waals surface area contributed by atoms with E-state index in [-0.39, 0.29) is 31.3 Å². The number of esters is 1. The van der Waals surface area contributed by atoms with Crippen LogP contribution in [0.3, 0.4) is 0 Å². The molecule has 8 heteroatoms. The maximum atomic E-state index is 13.4. The summed E-state index contributed by atoms with van der Waals surface area (Å²) >= 11 is 5.98. The van der Waals surface area contributed by atoms with Crippen molar-refractivity contribution in [2.75, 3.05) is 13.7 Å². The molecule has 0 saturated carbocycles. The molecule has 1 aromatic heterocycles. The molecule has 1 N–H and O–H groups in total. The summed E-state index contributed by atoms with van der Waals surface area (Å²) in [7, 11) is 1.56. The van der Waals surface area contributed by atoms with Crippen molar-refractivity contribution < 1.29 is 23.9 Å². The van der Waals surface area contributed by atoms with Crippen molar-refractivity contribution in [3.63, 3.8) is 0 Å². The summed E-state index contributed by atoms with van der Waals surface area (Å²) in [5.41, 5.74) is 3.40. The van der Waals surface area contributed by atoms with Crippen LogP contribution in [0.15, 0.2) is 72.8 Å². The molecule has 3 aromatic carbocycles. The van der Waals surface area contributed by atoms with Crippen molar-refractivity contribution >= 4 is 40.3 Å². The fraction of sp³-hybridized carbons (Fsp3) is 0.207. The average Bonchev–Trinajstić information content (AvgIpc) is 3.18. The lowest BCUT2D eigenvalue weighted by Crippen LogP contribution is -2.24. The molecule has 0 radical (unpaired) electrons. The van der Waals surface area contributed by atoms with E-state index in [1.165, 1.54) is 0 Å². The van der Waals surface area contributed by atoms with Crippen LogP contribution in [0.2, 0.25) is 5.02 Å². The second-order valence-corrected chi connectivity index (χ2v) is 8.94. The number of fused-ring (bicyclic) bond motifs is 1. The van der Waals surface area contributed by atoms with Gasteiger partial charge in [-0.25, -0.2) is 0 Å². The number of benzene rings is 3. The highest BCUT2D eigenvalue weighted by Crippen LogP contribution is 2.31. The minimum atomic E-state index is -0.486. The third-order valence-corrected chi connectivity index (χ3v) is 6.33. The molecule has 4 rings (SSSR count). The van der Waals surface area contributed by atoms with Crippen LogP contribution in [-0.4, -0.2) is 36.1 Å². The smallest absolute Gasteiger partial charge is 0.310 e. The maximum absolute atomic E-state index is 13.4. The Kier molecular flexibility index (Phi) is 8.25. The number of carbonyl (C=O) groups is 3. The predicted molar refractivity (Wildman–Crippen MR) is 142 cm³/mol. The molecule has 0 spiro atoms. The number of aromatic nitrogens is 1. The Hall–Kier alpha value is -4.10. The number of carbonyl (C=O) groups excluding carboxylic acids is 3. The Morgan fingerprint density at radius 3 is 2.41 bits per heavy atom. The minimum absolute atomic E-state index is 0.0375. The van der Waals surface area contributed by atoms with Crippen LogP contribution in [0.1, 0.15) is 33.6 Å². The van der Waals surface area contributed by atoms with Gasteiger partial charge in [-0.15, -0.1) is 0 Å². The molecule has 0 aliphatic rings. The standard InChI is InChI=1S/C29H27ClN2O5/c1-19-24(17-28(34)37-15-14-27(33)31-18-20-6-4-3-5-7-20)25-16-23(36-2)12-13-26(25)32(19)29(35)21-8-10-22(30)11-9-21/h3-13,16H,14-15,17-18H2,1-2H3,(H,31,33). The van der Waals surface area contributed by atoms with Crippen LogP contribution >= 0.6 is 11.6 Å². The number of nitrogens with one attached hydrogen (secondary N) is 1. The molecule has 0 aliphatic heterocycles. The van der Waals surface area contributed by atoms with Crippen molar-refractivity contribution in [2.24, 2.45) is 0 Å². The van der Waals surface area contributed by atoms with Gasteiger partial charge in [-0.05, 0) is 60.5 Å². The molecule has 0 atom stereocenters. The van der Waals surface area contributed by atoms with E-state index < -0.39 is 5.97 Å². The fourth-order valence-corrected chi connectivity index (χ4v) is 4.26. The Morgan fingerprint density at radius 2 is 1.70 bits per heavy atom. The van der Waals surface area contributed by atoms with Crippen LogP contribution in [-0.2, 0) is 27.3 Å². The Morgan fingerprint density at radius 1 is 0.973 bits per heavy atom. The van der Waals surface area contributed by atoms with Gasteiger partial charge in [0, 0.05) is 28.2 Å². The SMILES string of the molecule is COc1ccc2c(c1)c(CC(=O)OCCC(=O)NCc1ccccc1)c(C)n2C(=O)c1ccc(Cl)cc1. The summed E-state index contributed by atoms with van der Waals surface area (Å²) in [6, 6.07) is 21.6. The zero-order valence-corrected chi connectivity index (χ0v) is 21.4. The second kappa shape index (κ2) is 11.8. The molecular weight excluding hydrogens is 492 g/mol. The van der Waals surface area contributed by atoms with Gasteiger partial charge >= 0.3 is 5.97 Å². The Labute approximate surface area is 219 Å². The average molecular weight is 519 g/mol. The second-order valence-electron chi connectivity index (χ2n) is 8.50.